The van der Waals surface area contributed by atoms with Crippen LogP contribution in [0.4, 0.5) is 0 Å². The molecule has 0 saturated carbocycles. The van der Waals surface area contributed by atoms with Crippen molar-refractivity contribution in [1.82, 2.24) is 0 Å². The molecule has 0 saturated heterocycles. The summed E-state index contributed by atoms with van der Waals surface area (Å²) in [6, 6.07) is 0. The summed E-state index contributed by atoms with van der Waals surface area (Å²) in [5.74, 6) is 0. The van der Waals surface area contributed by atoms with Crippen LogP contribution in [0.1, 0.15) is 80.1 Å². The van der Waals surface area contributed by atoms with Crippen molar-refractivity contribution < 1.29 is 4.43 Å². The van der Waals surface area contributed by atoms with E-state index < -0.39 is 34.8 Å². The van der Waals surface area contributed by atoms with Crippen LogP contribution in [0.2, 0.25) is 51.1 Å². The van der Waals surface area contributed by atoms with Crippen molar-refractivity contribution in [3.8, 4) is 0 Å². The molecule has 0 spiro atoms. The van der Waals surface area contributed by atoms with Crippen LogP contribution in [-0.2, 0) is 4.43 Å². The molecule has 28 heavy (non-hydrogen) atoms. The van der Waals surface area contributed by atoms with Gasteiger partial charge in [0, 0.05) is 0 Å². The summed E-state index contributed by atoms with van der Waals surface area (Å²) in [5, 5.41) is 0.299. The predicted molar refractivity (Wildman–Crippen MR) is 139 cm³/mol. The first kappa shape index (κ1) is 28.9. The predicted octanol–water partition coefficient (Wildman–Crippen LogP) is 9.20. The van der Waals surface area contributed by atoms with Crippen LogP contribution in [0.5, 0.6) is 0 Å². The second kappa shape index (κ2) is 12.7. The van der Waals surface area contributed by atoms with E-state index in [4.69, 9.17) is 4.43 Å². The molecule has 0 unspecified atom stereocenters. The number of rotatable bonds is 14. The van der Waals surface area contributed by atoms with Crippen molar-refractivity contribution in [2.24, 2.45) is 0 Å². The van der Waals surface area contributed by atoms with Crippen molar-refractivity contribution in [3.05, 3.63) is 9.29 Å². The molecule has 0 N–H and O–H groups in total. The first-order chi connectivity index (χ1) is 12.8. The van der Waals surface area contributed by atoms with E-state index in [1.807, 2.05) is 3.21 Å². The van der Waals surface area contributed by atoms with Gasteiger partial charge in [-0.3, -0.25) is 0 Å². The summed E-state index contributed by atoms with van der Waals surface area (Å²) in [7, 11) is -3.00. The summed E-state index contributed by atoms with van der Waals surface area (Å²) < 4.78 is 13.4. The summed E-state index contributed by atoms with van der Waals surface area (Å²) in [6.07, 6.45) is 11.1. The zero-order valence-electron chi connectivity index (χ0n) is 21.6. The van der Waals surface area contributed by atoms with Crippen LogP contribution in [0, 0.1) is 0 Å². The Kier molecular flexibility index (Phi) is 13.1. The van der Waals surface area contributed by atoms with Crippen molar-refractivity contribution in [2.75, 3.05) is 6.61 Å². The molecule has 1 nitrogen and oxygen atoms in total. The van der Waals surface area contributed by atoms with Crippen LogP contribution < -0.4 is 0 Å². The quantitative estimate of drug-likeness (QED) is 0.202. The van der Waals surface area contributed by atoms with Gasteiger partial charge in [-0.15, -0.1) is 0 Å². The fraction of sp³-hybridized carbons (Fsp3) is 0.917. The van der Waals surface area contributed by atoms with Crippen LogP contribution in [-0.4, -0.2) is 41.4 Å². The molecule has 168 valence electrons. The Morgan fingerprint density at radius 2 is 1.18 bits per heavy atom. The maximum absolute atomic E-state index is 6.65. The van der Waals surface area contributed by atoms with Gasteiger partial charge in [0.2, 0.25) is 0 Å². The average molecular weight is 534 g/mol. The van der Waals surface area contributed by atoms with Gasteiger partial charge in [-0.05, 0) is 0 Å². The van der Waals surface area contributed by atoms with E-state index in [1.165, 1.54) is 38.5 Å². The summed E-state index contributed by atoms with van der Waals surface area (Å²) in [4.78, 5) is 0. The van der Waals surface area contributed by atoms with Gasteiger partial charge in [0.1, 0.15) is 0 Å². The Balaban J connectivity index is 5.92. The zero-order chi connectivity index (χ0) is 22.1. The van der Waals surface area contributed by atoms with E-state index in [-0.39, 0.29) is 0 Å². The van der Waals surface area contributed by atoms with Crippen LogP contribution in [0.3, 0.4) is 0 Å². The molecule has 0 aliphatic rings. The van der Waals surface area contributed by atoms with E-state index in [0.29, 0.717) is 5.04 Å². The van der Waals surface area contributed by atoms with Gasteiger partial charge in [0.15, 0.2) is 0 Å². The van der Waals surface area contributed by atoms with Crippen LogP contribution in [0.25, 0.3) is 0 Å². The minimum atomic E-state index is -2.34. The second-order valence-electron chi connectivity index (χ2n) is 11.5. The van der Waals surface area contributed by atoms with Gasteiger partial charge in [0.25, 0.3) is 0 Å². The van der Waals surface area contributed by atoms with E-state index in [9.17, 15) is 0 Å². The Hall–Kier alpha value is 0.932. The van der Waals surface area contributed by atoms with Crippen molar-refractivity contribution >= 4 is 34.8 Å². The van der Waals surface area contributed by atoms with Crippen LogP contribution in [0.15, 0.2) is 9.29 Å². The van der Waals surface area contributed by atoms with Crippen molar-refractivity contribution in [2.45, 2.75) is 131 Å². The SMILES string of the molecule is CCC[CH2][Sn]([CH2]CCC)([CH2]CCC)/[C](=C\CO[Si](C)(C)C(C)(C)C)[Si](C)(C)C. The van der Waals surface area contributed by atoms with Gasteiger partial charge >= 0.3 is 186 Å². The van der Waals surface area contributed by atoms with Gasteiger partial charge in [-0.2, -0.15) is 0 Å². The third kappa shape index (κ3) is 9.38. The first-order valence-corrected chi connectivity index (χ1v) is 26.0. The molecule has 0 atom stereocenters. The molecule has 0 aliphatic heterocycles. The van der Waals surface area contributed by atoms with E-state index >= 15 is 0 Å². The standard InChI is InChI=1S/C12H27OSi2.3C4H9.Sn/c1-12(2,3)15(7,8)13-10-9-11-14(4,5)6;3*1-3-4-2;/h9H,10H2,1-8H3;3*1,3-4H2,2H3;. The van der Waals surface area contributed by atoms with Gasteiger partial charge in [0.05, 0.1) is 0 Å². The molecule has 0 amide bonds. The van der Waals surface area contributed by atoms with Gasteiger partial charge < -0.3 is 0 Å². The summed E-state index contributed by atoms with van der Waals surface area (Å²) in [5.41, 5.74) is 0. The first-order valence-electron chi connectivity index (χ1n) is 12.1. The molecule has 0 rings (SSSR count). The van der Waals surface area contributed by atoms with E-state index in [1.54, 1.807) is 13.3 Å². The van der Waals surface area contributed by atoms with E-state index in [0.717, 1.165) is 6.61 Å². The summed E-state index contributed by atoms with van der Waals surface area (Å²) in [6.45, 7) is 27.7. The zero-order valence-corrected chi connectivity index (χ0v) is 26.4. The Morgan fingerprint density at radius 3 is 1.46 bits per heavy atom. The number of unbranched alkanes of at least 4 members (excludes halogenated alkanes) is 3. The molecule has 0 bridgehead atoms. The third-order valence-electron chi connectivity index (χ3n) is 6.94. The molecule has 4 heteroatoms. The van der Waals surface area contributed by atoms with E-state index in [2.05, 4.69) is 80.4 Å². The Bertz CT molecular complexity index is 436. The van der Waals surface area contributed by atoms with Gasteiger partial charge in [-0.1, -0.05) is 0 Å². The van der Waals surface area contributed by atoms with Crippen molar-refractivity contribution in [3.63, 3.8) is 0 Å². The number of hydrogen-bond donors (Lipinski definition) is 0. The third-order valence-corrected chi connectivity index (χ3v) is 38.3. The van der Waals surface area contributed by atoms with Crippen LogP contribution >= 0.6 is 0 Å². The fourth-order valence-corrected chi connectivity index (χ4v) is 38.3. The average Bonchev–Trinajstić information content (AvgIpc) is 2.57. The minimum absolute atomic E-state index is 0.299. The van der Waals surface area contributed by atoms with Crippen molar-refractivity contribution in [1.29, 1.82) is 0 Å². The van der Waals surface area contributed by atoms with Gasteiger partial charge in [-0.25, -0.2) is 0 Å². The molecule has 0 aromatic rings. The molecule has 0 aromatic heterocycles. The molecular weight excluding hydrogens is 479 g/mol. The Morgan fingerprint density at radius 1 is 0.786 bits per heavy atom. The topological polar surface area (TPSA) is 9.23 Å². The normalized spacial score (nSPS) is 14.6. The molecular formula is C24H54OSi2Sn. The fourth-order valence-electron chi connectivity index (χ4n) is 4.19. The molecule has 0 radical (unpaired) electrons. The molecule has 0 heterocycles. The number of hydrogen-bond acceptors (Lipinski definition) is 1. The summed E-state index contributed by atoms with van der Waals surface area (Å²) >= 11 is -2.34. The monoisotopic (exact) mass is 534 g/mol. The Labute approximate surface area is 185 Å². The molecule has 0 fully saturated rings. The second-order valence-corrected chi connectivity index (χ2v) is 35.9. The maximum atomic E-state index is 6.65. The molecule has 0 aromatic carbocycles. The molecule has 0 aliphatic carbocycles.